The normalized spacial score (nSPS) is 24.1. The van der Waals surface area contributed by atoms with Gasteiger partial charge in [-0.1, -0.05) is 0 Å². The monoisotopic (exact) mass is 205 g/mol. The molecule has 15 heavy (non-hydrogen) atoms. The minimum atomic E-state index is -0.478. The SMILES string of the molecule is N#Cc1cc(NC2CC(N)C2)ccc1F. The van der Waals surface area contributed by atoms with Crippen LogP contribution >= 0.6 is 0 Å². The van der Waals surface area contributed by atoms with Crippen molar-refractivity contribution in [2.75, 3.05) is 5.32 Å². The molecule has 4 heteroatoms. The van der Waals surface area contributed by atoms with Crippen LogP contribution in [0.15, 0.2) is 18.2 Å². The van der Waals surface area contributed by atoms with E-state index in [1.54, 1.807) is 6.07 Å². The van der Waals surface area contributed by atoms with Crippen molar-refractivity contribution < 1.29 is 4.39 Å². The van der Waals surface area contributed by atoms with Crippen molar-refractivity contribution >= 4 is 5.69 Å². The lowest BCUT2D eigenvalue weighted by atomic mass is 9.87. The lowest BCUT2D eigenvalue weighted by Gasteiger charge is -2.33. The van der Waals surface area contributed by atoms with Crippen LogP contribution in [0.1, 0.15) is 18.4 Å². The molecule has 0 aromatic heterocycles. The van der Waals surface area contributed by atoms with Crippen LogP contribution in [-0.4, -0.2) is 12.1 Å². The number of anilines is 1. The molecule has 1 aliphatic carbocycles. The highest BCUT2D eigenvalue weighted by Gasteiger charge is 2.25. The molecule has 0 saturated heterocycles. The van der Waals surface area contributed by atoms with Gasteiger partial charge in [0.25, 0.3) is 0 Å². The number of hydrogen-bond donors (Lipinski definition) is 2. The van der Waals surface area contributed by atoms with E-state index < -0.39 is 5.82 Å². The Kier molecular flexibility index (Phi) is 2.57. The third kappa shape index (κ3) is 2.08. The van der Waals surface area contributed by atoms with Crippen molar-refractivity contribution in [3.63, 3.8) is 0 Å². The molecule has 0 amide bonds. The average molecular weight is 205 g/mol. The molecule has 3 N–H and O–H groups in total. The number of halogens is 1. The first-order valence-corrected chi connectivity index (χ1v) is 4.91. The Hall–Kier alpha value is -1.60. The van der Waals surface area contributed by atoms with Gasteiger partial charge in [-0.25, -0.2) is 4.39 Å². The fourth-order valence-electron chi connectivity index (χ4n) is 1.72. The van der Waals surface area contributed by atoms with Crippen LogP contribution in [0, 0.1) is 17.1 Å². The summed E-state index contributed by atoms with van der Waals surface area (Å²) in [4.78, 5) is 0. The van der Waals surface area contributed by atoms with Gasteiger partial charge >= 0.3 is 0 Å². The van der Waals surface area contributed by atoms with Crippen LogP contribution in [0.2, 0.25) is 0 Å². The molecule has 1 aromatic carbocycles. The Bertz CT molecular complexity index is 405. The molecule has 2 rings (SSSR count). The van der Waals surface area contributed by atoms with Gasteiger partial charge in [-0.2, -0.15) is 5.26 Å². The predicted molar refractivity (Wildman–Crippen MR) is 55.7 cm³/mol. The molecule has 0 spiro atoms. The molecule has 0 unspecified atom stereocenters. The Balaban J connectivity index is 2.06. The summed E-state index contributed by atoms with van der Waals surface area (Å²) < 4.78 is 13.0. The molecule has 78 valence electrons. The third-order valence-corrected chi connectivity index (χ3v) is 2.63. The standard InChI is InChI=1S/C11H12FN3/c12-11-2-1-9(3-7(11)6-13)15-10-4-8(14)5-10/h1-3,8,10,15H,4-5,14H2. The summed E-state index contributed by atoms with van der Waals surface area (Å²) in [5.41, 5.74) is 6.51. The van der Waals surface area contributed by atoms with Crippen molar-refractivity contribution in [1.82, 2.24) is 0 Å². The van der Waals surface area contributed by atoms with Gasteiger partial charge < -0.3 is 11.1 Å². The fourth-order valence-corrected chi connectivity index (χ4v) is 1.72. The van der Waals surface area contributed by atoms with Gasteiger partial charge in [-0.15, -0.1) is 0 Å². The molecule has 1 aliphatic rings. The Morgan fingerprint density at radius 3 is 2.80 bits per heavy atom. The molecular formula is C11H12FN3. The van der Waals surface area contributed by atoms with Gasteiger partial charge in [0.15, 0.2) is 0 Å². The Morgan fingerprint density at radius 2 is 2.20 bits per heavy atom. The van der Waals surface area contributed by atoms with Crippen LogP contribution in [0.5, 0.6) is 0 Å². The third-order valence-electron chi connectivity index (χ3n) is 2.63. The van der Waals surface area contributed by atoms with E-state index in [1.165, 1.54) is 12.1 Å². The summed E-state index contributed by atoms with van der Waals surface area (Å²) in [7, 11) is 0. The zero-order valence-electron chi connectivity index (χ0n) is 8.20. The van der Waals surface area contributed by atoms with Gasteiger partial charge in [0, 0.05) is 17.8 Å². The maximum Gasteiger partial charge on any atom is 0.141 e. The average Bonchev–Trinajstić information content (AvgIpc) is 2.18. The summed E-state index contributed by atoms with van der Waals surface area (Å²) in [5, 5.41) is 11.9. The van der Waals surface area contributed by atoms with Crippen molar-refractivity contribution in [2.24, 2.45) is 5.73 Å². The number of rotatable bonds is 2. The predicted octanol–water partition coefficient (Wildman–Crippen LogP) is 1.60. The van der Waals surface area contributed by atoms with Gasteiger partial charge in [0.2, 0.25) is 0 Å². The van der Waals surface area contributed by atoms with E-state index in [-0.39, 0.29) is 11.6 Å². The fraction of sp³-hybridized carbons (Fsp3) is 0.364. The van der Waals surface area contributed by atoms with Crippen molar-refractivity contribution in [2.45, 2.75) is 24.9 Å². The van der Waals surface area contributed by atoms with E-state index >= 15 is 0 Å². The first kappa shape index (κ1) is 9.94. The summed E-state index contributed by atoms with van der Waals surface area (Å²) in [6.45, 7) is 0. The first-order valence-electron chi connectivity index (χ1n) is 4.91. The quantitative estimate of drug-likeness (QED) is 0.770. The Labute approximate surface area is 87.7 Å². The zero-order chi connectivity index (χ0) is 10.8. The van der Waals surface area contributed by atoms with Crippen molar-refractivity contribution in [3.8, 4) is 6.07 Å². The highest BCUT2D eigenvalue weighted by molar-refractivity contribution is 5.50. The highest BCUT2D eigenvalue weighted by Crippen LogP contribution is 2.23. The number of nitrogens with two attached hydrogens (primary N) is 1. The molecule has 0 radical (unpaired) electrons. The van der Waals surface area contributed by atoms with Crippen molar-refractivity contribution in [1.29, 1.82) is 5.26 Å². The molecular weight excluding hydrogens is 193 g/mol. The Morgan fingerprint density at radius 1 is 1.47 bits per heavy atom. The zero-order valence-corrected chi connectivity index (χ0v) is 8.20. The van der Waals surface area contributed by atoms with Crippen LogP contribution in [-0.2, 0) is 0 Å². The van der Waals surface area contributed by atoms with Crippen LogP contribution in [0.25, 0.3) is 0 Å². The molecule has 0 bridgehead atoms. The van der Waals surface area contributed by atoms with E-state index in [0.29, 0.717) is 6.04 Å². The summed E-state index contributed by atoms with van der Waals surface area (Å²) >= 11 is 0. The van der Waals surface area contributed by atoms with E-state index in [2.05, 4.69) is 5.32 Å². The molecule has 0 atom stereocenters. The summed E-state index contributed by atoms with van der Waals surface area (Å²) in [6, 6.07) is 6.92. The number of hydrogen-bond acceptors (Lipinski definition) is 3. The minimum absolute atomic E-state index is 0.0728. The van der Waals surface area contributed by atoms with E-state index in [0.717, 1.165) is 18.5 Å². The molecule has 1 aromatic rings. The number of nitriles is 1. The van der Waals surface area contributed by atoms with Gasteiger partial charge in [0.05, 0.1) is 5.56 Å². The summed E-state index contributed by atoms with van der Waals surface area (Å²) in [5.74, 6) is -0.478. The molecule has 0 aliphatic heterocycles. The molecule has 3 nitrogen and oxygen atoms in total. The molecule has 0 heterocycles. The van der Waals surface area contributed by atoms with Gasteiger partial charge in [-0.05, 0) is 31.0 Å². The smallest absolute Gasteiger partial charge is 0.141 e. The number of benzene rings is 1. The van der Waals surface area contributed by atoms with E-state index in [1.807, 2.05) is 6.07 Å². The second-order valence-electron chi connectivity index (χ2n) is 3.88. The topological polar surface area (TPSA) is 61.8 Å². The maximum atomic E-state index is 13.0. The number of nitrogens with one attached hydrogen (secondary N) is 1. The van der Waals surface area contributed by atoms with Crippen LogP contribution < -0.4 is 11.1 Å². The highest BCUT2D eigenvalue weighted by atomic mass is 19.1. The number of nitrogens with zero attached hydrogens (tertiary/aromatic N) is 1. The lowest BCUT2D eigenvalue weighted by Crippen LogP contribution is -2.44. The van der Waals surface area contributed by atoms with Gasteiger partial charge in [0.1, 0.15) is 11.9 Å². The van der Waals surface area contributed by atoms with Crippen molar-refractivity contribution in [3.05, 3.63) is 29.6 Å². The van der Waals surface area contributed by atoms with E-state index in [4.69, 9.17) is 11.0 Å². The second kappa shape index (κ2) is 3.87. The minimum Gasteiger partial charge on any atom is -0.382 e. The first-order chi connectivity index (χ1) is 7.19. The lowest BCUT2D eigenvalue weighted by molar-refractivity contribution is 0.373. The van der Waals surface area contributed by atoms with Gasteiger partial charge in [-0.3, -0.25) is 0 Å². The molecule has 1 saturated carbocycles. The second-order valence-corrected chi connectivity index (χ2v) is 3.88. The summed E-state index contributed by atoms with van der Waals surface area (Å²) in [6.07, 6.45) is 1.86. The largest absolute Gasteiger partial charge is 0.382 e. The maximum absolute atomic E-state index is 13.0. The van der Waals surface area contributed by atoms with Crippen LogP contribution in [0.3, 0.4) is 0 Å². The van der Waals surface area contributed by atoms with E-state index in [9.17, 15) is 4.39 Å². The van der Waals surface area contributed by atoms with Crippen LogP contribution in [0.4, 0.5) is 10.1 Å². The molecule has 1 fully saturated rings.